The molecule has 1 heterocycles. The highest BCUT2D eigenvalue weighted by atomic mass is 32.2. The van der Waals surface area contributed by atoms with Gasteiger partial charge in [0.2, 0.25) is 15.9 Å². The number of amides is 1. The second-order valence-corrected chi connectivity index (χ2v) is 9.73. The van der Waals surface area contributed by atoms with E-state index < -0.39 is 10.0 Å². The van der Waals surface area contributed by atoms with Gasteiger partial charge in [-0.1, -0.05) is 24.3 Å². The number of rotatable bonds is 5. The van der Waals surface area contributed by atoms with Crippen molar-refractivity contribution in [2.24, 2.45) is 5.92 Å². The third kappa shape index (κ3) is 4.10. The van der Waals surface area contributed by atoms with E-state index >= 15 is 0 Å². The predicted molar refractivity (Wildman–Crippen MR) is 107 cm³/mol. The first kappa shape index (κ1) is 19.1. The maximum absolute atomic E-state index is 13.1. The van der Waals surface area contributed by atoms with E-state index in [-0.39, 0.29) is 29.4 Å². The number of carbonyl (C=O) groups excluding carboxylic acids is 1. The SMILES string of the molecule is O=C(Nc1cccc(-c2ccc(F)cc2)c1)[C@H]1CCCN(S(=O)(=O)C2CC2)C1. The fourth-order valence-electron chi connectivity index (χ4n) is 3.63. The Morgan fingerprint density at radius 3 is 2.50 bits per heavy atom. The van der Waals surface area contributed by atoms with E-state index in [0.29, 0.717) is 25.1 Å². The largest absolute Gasteiger partial charge is 0.326 e. The molecule has 1 N–H and O–H groups in total. The maximum Gasteiger partial charge on any atom is 0.228 e. The molecule has 28 heavy (non-hydrogen) atoms. The Kier molecular flexibility index (Phi) is 5.21. The third-order valence-electron chi connectivity index (χ3n) is 5.37. The number of piperidine rings is 1. The molecule has 1 aliphatic carbocycles. The number of benzene rings is 2. The van der Waals surface area contributed by atoms with Crippen LogP contribution >= 0.6 is 0 Å². The van der Waals surface area contributed by atoms with Gasteiger partial charge in [-0.25, -0.2) is 17.1 Å². The number of nitrogens with one attached hydrogen (secondary N) is 1. The minimum atomic E-state index is -3.25. The molecule has 4 rings (SSSR count). The quantitative estimate of drug-likeness (QED) is 0.830. The van der Waals surface area contributed by atoms with Gasteiger partial charge in [0.1, 0.15) is 5.82 Å². The summed E-state index contributed by atoms with van der Waals surface area (Å²) in [7, 11) is -3.25. The molecular formula is C21H23FN2O3S. The summed E-state index contributed by atoms with van der Waals surface area (Å²) in [5.74, 6) is -0.806. The standard InChI is InChI=1S/C21H23FN2O3S/c22-18-8-6-15(7-9-18)16-3-1-5-19(13-16)23-21(25)17-4-2-12-24(14-17)28(26,27)20-10-11-20/h1,3,5-9,13,17,20H,2,4,10-12,14H2,(H,23,25)/t17-/m0/s1. The van der Waals surface area contributed by atoms with Crippen LogP contribution in [0.5, 0.6) is 0 Å². The Labute approximate surface area is 164 Å². The minimum Gasteiger partial charge on any atom is -0.326 e. The van der Waals surface area contributed by atoms with Gasteiger partial charge < -0.3 is 5.32 Å². The van der Waals surface area contributed by atoms with Crippen molar-refractivity contribution in [1.29, 1.82) is 0 Å². The molecule has 2 aliphatic rings. The second kappa shape index (κ2) is 7.64. The van der Waals surface area contributed by atoms with Gasteiger partial charge in [0, 0.05) is 18.8 Å². The average Bonchev–Trinajstić information content (AvgIpc) is 3.55. The van der Waals surface area contributed by atoms with Gasteiger partial charge in [-0.2, -0.15) is 0 Å². The van der Waals surface area contributed by atoms with Gasteiger partial charge in [-0.05, 0) is 61.1 Å². The highest BCUT2D eigenvalue weighted by molar-refractivity contribution is 7.90. The molecule has 0 spiro atoms. The molecular weight excluding hydrogens is 379 g/mol. The van der Waals surface area contributed by atoms with E-state index in [1.807, 2.05) is 18.2 Å². The molecule has 0 unspecified atom stereocenters. The molecule has 2 aromatic rings. The van der Waals surface area contributed by atoms with Crippen LogP contribution in [0.25, 0.3) is 11.1 Å². The summed E-state index contributed by atoms with van der Waals surface area (Å²) >= 11 is 0. The molecule has 0 aromatic heterocycles. The molecule has 2 fully saturated rings. The zero-order chi connectivity index (χ0) is 19.7. The monoisotopic (exact) mass is 402 g/mol. The summed E-state index contributed by atoms with van der Waals surface area (Å²) in [5, 5.41) is 2.67. The normalized spacial score (nSPS) is 20.7. The lowest BCUT2D eigenvalue weighted by molar-refractivity contribution is -0.120. The fraction of sp³-hybridized carbons (Fsp3) is 0.381. The Bertz CT molecular complexity index is 971. The smallest absolute Gasteiger partial charge is 0.228 e. The van der Waals surface area contributed by atoms with Crippen molar-refractivity contribution in [2.75, 3.05) is 18.4 Å². The number of sulfonamides is 1. The van der Waals surface area contributed by atoms with Crippen molar-refractivity contribution < 1.29 is 17.6 Å². The first-order chi connectivity index (χ1) is 13.4. The number of halogens is 1. The van der Waals surface area contributed by atoms with Crippen LogP contribution in [0.2, 0.25) is 0 Å². The molecule has 2 aromatic carbocycles. The summed E-state index contributed by atoms with van der Waals surface area (Å²) in [6, 6.07) is 13.6. The molecule has 1 amide bonds. The first-order valence-corrected chi connectivity index (χ1v) is 11.1. The van der Waals surface area contributed by atoms with E-state index in [0.717, 1.165) is 24.0 Å². The Morgan fingerprint density at radius 1 is 1.04 bits per heavy atom. The minimum absolute atomic E-state index is 0.160. The van der Waals surface area contributed by atoms with Gasteiger partial charge in [-0.3, -0.25) is 4.79 Å². The first-order valence-electron chi connectivity index (χ1n) is 9.59. The zero-order valence-corrected chi connectivity index (χ0v) is 16.3. The van der Waals surface area contributed by atoms with Crippen LogP contribution in [0.15, 0.2) is 48.5 Å². The molecule has 1 aliphatic heterocycles. The van der Waals surface area contributed by atoms with Crippen molar-refractivity contribution in [3.8, 4) is 11.1 Å². The number of carbonyl (C=O) groups is 1. The zero-order valence-electron chi connectivity index (χ0n) is 15.5. The Morgan fingerprint density at radius 2 is 1.79 bits per heavy atom. The number of hydrogen-bond acceptors (Lipinski definition) is 3. The van der Waals surface area contributed by atoms with Crippen molar-refractivity contribution in [3.05, 3.63) is 54.3 Å². The van der Waals surface area contributed by atoms with Gasteiger partial charge in [-0.15, -0.1) is 0 Å². The highest BCUT2D eigenvalue weighted by Gasteiger charge is 2.42. The van der Waals surface area contributed by atoms with Gasteiger partial charge in [0.15, 0.2) is 0 Å². The fourth-order valence-corrected chi connectivity index (χ4v) is 5.55. The van der Waals surface area contributed by atoms with Gasteiger partial charge >= 0.3 is 0 Å². The molecule has 7 heteroatoms. The molecule has 1 saturated heterocycles. The number of nitrogens with zero attached hydrogens (tertiary/aromatic N) is 1. The maximum atomic E-state index is 13.1. The molecule has 0 bridgehead atoms. The Hall–Kier alpha value is -2.25. The highest BCUT2D eigenvalue weighted by Crippen LogP contribution is 2.33. The lowest BCUT2D eigenvalue weighted by Crippen LogP contribution is -2.44. The number of hydrogen-bond donors (Lipinski definition) is 1. The second-order valence-electron chi connectivity index (χ2n) is 7.52. The van der Waals surface area contributed by atoms with E-state index in [4.69, 9.17) is 0 Å². The Balaban J connectivity index is 1.44. The lowest BCUT2D eigenvalue weighted by atomic mass is 9.98. The van der Waals surface area contributed by atoms with Crippen LogP contribution < -0.4 is 5.32 Å². The van der Waals surface area contributed by atoms with Crippen LogP contribution in [0.3, 0.4) is 0 Å². The van der Waals surface area contributed by atoms with Crippen molar-refractivity contribution in [2.45, 2.75) is 30.9 Å². The van der Waals surface area contributed by atoms with E-state index in [2.05, 4.69) is 5.32 Å². The van der Waals surface area contributed by atoms with Gasteiger partial charge in [0.25, 0.3) is 0 Å². The molecule has 148 valence electrons. The molecule has 1 saturated carbocycles. The summed E-state index contributed by atoms with van der Waals surface area (Å²) in [6.07, 6.45) is 2.83. The summed E-state index contributed by atoms with van der Waals surface area (Å²) in [4.78, 5) is 12.7. The molecule has 1 atom stereocenters. The van der Waals surface area contributed by atoms with E-state index in [1.165, 1.54) is 16.4 Å². The predicted octanol–water partition coefficient (Wildman–Crippen LogP) is 3.64. The summed E-state index contributed by atoms with van der Waals surface area (Å²) in [5.41, 5.74) is 2.38. The molecule has 5 nitrogen and oxygen atoms in total. The third-order valence-corrected chi connectivity index (χ3v) is 7.73. The van der Waals surface area contributed by atoms with Crippen LogP contribution in [0.1, 0.15) is 25.7 Å². The topological polar surface area (TPSA) is 66.5 Å². The van der Waals surface area contributed by atoms with E-state index in [1.54, 1.807) is 18.2 Å². The van der Waals surface area contributed by atoms with Crippen LogP contribution in [0, 0.1) is 11.7 Å². The summed E-state index contributed by atoms with van der Waals surface area (Å²) < 4.78 is 39.6. The van der Waals surface area contributed by atoms with Gasteiger partial charge in [0.05, 0.1) is 11.2 Å². The molecule has 0 radical (unpaired) electrons. The van der Waals surface area contributed by atoms with E-state index in [9.17, 15) is 17.6 Å². The van der Waals surface area contributed by atoms with Crippen LogP contribution in [-0.2, 0) is 14.8 Å². The van der Waals surface area contributed by atoms with Crippen molar-refractivity contribution >= 4 is 21.6 Å². The summed E-state index contributed by atoms with van der Waals surface area (Å²) in [6.45, 7) is 0.755. The van der Waals surface area contributed by atoms with Crippen LogP contribution in [-0.4, -0.2) is 37.0 Å². The van der Waals surface area contributed by atoms with Crippen molar-refractivity contribution in [3.63, 3.8) is 0 Å². The van der Waals surface area contributed by atoms with Crippen LogP contribution in [0.4, 0.5) is 10.1 Å². The van der Waals surface area contributed by atoms with Crippen molar-refractivity contribution in [1.82, 2.24) is 4.31 Å². The average molecular weight is 402 g/mol. The number of anilines is 1. The lowest BCUT2D eigenvalue weighted by Gasteiger charge is -2.31.